The number of carbonyl (C=O) groups excluding carboxylic acids is 2. The summed E-state index contributed by atoms with van der Waals surface area (Å²) in [5.41, 5.74) is 6.64. The molecule has 1 aromatic rings. The molecule has 0 spiro atoms. The van der Waals surface area contributed by atoms with Gasteiger partial charge in [-0.25, -0.2) is 9.78 Å². The van der Waals surface area contributed by atoms with Crippen LogP contribution in [0, 0.1) is 5.92 Å². The fraction of sp³-hybridized carbons (Fsp3) is 0.632. The van der Waals surface area contributed by atoms with Gasteiger partial charge < -0.3 is 31.1 Å². The van der Waals surface area contributed by atoms with Crippen LogP contribution in [0.1, 0.15) is 45.7 Å². The molecule has 0 bridgehead atoms. The second-order valence-electron chi connectivity index (χ2n) is 7.30. The predicted octanol–water partition coefficient (Wildman–Crippen LogP) is -0.0231. The lowest BCUT2D eigenvalue weighted by Gasteiger charge is -2.28. The van der Waals surface area contributed by atoms with E-state index in [2.05, 4.69) is 15.3 Å². The summed E-state index contributed by atoms with van der Waals surface area (Å²) in [4.78, 5) is 54.0. The summed E-state index contributed by atoms with van der Waals surface area (Å²) in [6.45, 7) is 5.26. The van der Waals surface area contributed by atoms with Gasteiger partial charge in [0, 0.05) is 31.8 Å². The number of hydrogen-bond acceptors (Lipinski definition) is 6. The summed E-state index contributed by atoms with van der Waals surface area (Å²) in [6, 6.07) is -2.48. The van der Waals surface area contributed by atoms with E-state index in [9.17, 15) is 19.5 Å². The topological polar surface area (TPSA) is 179 Å². The first-order chi connectivity index (χ1) is 14.1. The van der Waals surface area contributed by atoms with Crippen molar-refractivity contribution in [1.29, 1.82) is 0 Å². The largest absolute Gasteiger partial charge is 0.481 e. The summed E-state index contributed by atoms with van der Waals surface area (Å²) in [5.74, 6) is -2.72. The van der Waals surface area contributed by atoms with Crippen LogP contribution in [0.5, 0.6) is 0 Å². The molecule has 1 saturated heterocycles. The van der Waals surface area contributed by atoms with Crippen LogP contribution in [0.15, 0.2) is 12.5 Å². The third-order valence-electron chi connectivity index (χ3n) is 4.97. The third kappa shape index (κ3) is 7.47. The van der Waals surface area contributed by atoms with E-state index in [1.54, 1.807) is 6.20 Å². The van der Waals surface area contributed by atoms with Crippen molar-refractivity contribution < 1.29 is 29.4 Å². The van der Waals surface area contributed by atoms with Crippen LogP contribution in [-0.2, 0) is 25.6 Å². The zero-order valence-electron chi connectivity index (χ0n) is 17.5. The minimum absolute atomic E-state index is 0.0311. The van der Waals surface area contributed by atoms with Crippen molar-refractivity contribution >= 4 is 23.8 Å². The van der Waals surface area contributed by atoms with Crippen LogP contribution in [0.2, 0.25) is 0 Å². The van der Waals surface area contributed by atoms with Crippen molar-refractivity contribution in [2.45, 2.75) is 64.6 Å². The van der Waals surface area contributed by atoms with Crippen LogP contribution < -0.4 is 11.1 Å². The van der Waals surface area contributed by atoms with Gasteiger partial charge in [0.05, 0.1) is 12.4 Å². The summed E-state index contributed by atoms with van der Waals surface area (Å²) in [6.07, 6.45) is 5.03. The van der Waals surface area contributed by atoms with Gasteiger partial charge in [-0.15, -0.1) is 0 Å². The molecular formula is C19H31N5O6. The number of nitrogens with zero attached hydrogens (tertiary/aromatic N) is 2. The average molecular weight is 425 g/mol. The number of aromatic nitrogens is 2. The molecule has 168 valence electrons. The van der Waals surface area contributed by atoms with Crippen molar-refractivity contribution in [2.75, 3.05) is 6.54 Å². The number of amides is 2. The number of H-pyrrole nitrogens is 1. The third-order valence-corrected chi connectivity index (χ3v) is 4.97. The van der Waals surface area contributed by atoms with Crippen LogP contribution in [0.4, 0.5) is 0 Å². The highest BCUT2D eigenvalue weighted by atomic mass is 16.4. The fourth-order valence-electron chi connectivity index (χ4n) is 3.08. The summed E-state index contributed by atoms with van der Waals surface area (Å²) in [7, 11) is 0. The molecule has 1 aliphatic heterocycles. The molecular weight excluding hydrogens is 394 g/mol. The molecule has 2 amide bonds. The highest BCUT2D eigenvalue weighted by Crippen LogP contribution is 2.19. The molecule has 11 nitrogen and oxygen atoms in total. The molecule has 0 aliphatic carbocycles. The maximum absolute atomic E-state index is 13.0. The number of likely N-dealkylation sites (tertiary alicyclic amines) is 1. The Kier molecular flexibility index (Phi) is 9.96. The van der Waals surface area contributed by atoms with E-state index in [1.165, 1.54) is 11.2 Å². The van der Waals surface area contributed by atoms with Crippen LogP contribution in [0.3, 0.4) is 0 Å². The second kappa shape index (κ2) is 11.9. The lowest BCUT2D eigenvalue weighted by atomic mass is 9.98. The van der Waals surface area contributed by atoms with Crippen molar-refractivity contribution in [3.8, 4) is 0 Å². The molecule has 11 heteroatoms. The van der Waals surface area contributed by atoms with E-state index in [0.717, 1.165) is 13.3 Å². The Hall–Kier alpha value is -2.95. The maximum Gasteiger partial charge on any atom is 0.326 e. The molecule has 0 unspecified atom stereocenters. The van der Waals surface area contributed by atoms with Gasteiger partial charge in [0.15, 0.2) is 0 Å². The standard InChI is InChI=1S/C17H27N5O4.C2H4O2/c1-3-10(2)14(18)15(23)21-12(7-11-8-19-9-20-11)16(24)22-6-4-5-13(22)17(25)26;1-2(3)4/h8-10,12-14H,3-7,18H2,1-2H3,(H,19,20)(H,21,23)(H,25,26);1H3,(H,3,4)/t10-,12+,13-,14+;/m1./s1. The summed E-state index contributed by atoms with van der Waals surface area (Å²) < 4.78 is 0. The highest BCUT2D eigenvalue weighted by molar-refractivity contribution is 5.92. The van der Waals surface area contributed by atoms with E-state index in [0.29, 0.717) is 25.1 Å². The van der Waals surface area contributed by atoms with Crippen LogP contribution >= 0.6 is 0 Å². The Morgan fingerprint density at radius 2 is 2.00 bits per heavy atom. The van der Waals surface area contributed by atoms with Gasteiger partial charge in [-0.2, -0.15) is 0 Å². The smallest absolute Gasteiger partial charge is 0.326 e. The molecule has 0 radical (unpaired) electrons. The Morgan fingerprint density at radius 1 is 1.37 bits per heavy atom. The quantitative estimate of drug-likeness (QED) is 0.385. The summed E-state index contributed by atoms with van der Waals surface area (Å²) in [5, 5.41) is 19.5. The molecule has 1 fully saturated rings. The van der Waals surface area contributed by atoms with Crippen molar-refractivity contribution in [2.24, 2.45) is 11.7 Å². The normalized spacial score (nSPS) is 18.5. The Morgan fingerprint density at radius 3 is 2.50 bits per heavy atom. The van der Waals surface area contributed by atoms with E-state index in [-0.39, 0.29) is 12.3 Å². The lowest BCUT2D eigenvalue weighted by molar-refractivity contribution is -0.149. The SMILES string of the molecule is CC(=O)O.CC[C@@H](C)[C@H](N)C(=O)N[C@@H](Cc1cnc[nH]1)C(=O)N1CCC[C@@H]1C(=O)O. The first kappa shape index (κ1) is 25.1. The lowest BCUT2D eigenvalue weighted by Crippen LogP contribution is -2.56. The molecule has 4 atom stereocenters. The number of carbonyl (C=O) groups is 4. The number of carboxylic acid groups (broad SMARTS) is 2. The Balaban J connectivity index is 0.00000103. The number of aromatic amines is 1. The van der Waals surface area contributed by atoms with Gasteiger partial charge in [0.1, 0.15) is 12.1 Å². The zero-order valence-corrected chi connectivity index (χ0v) is 17.5. The first-order valence-electron chi connectivity index (χ1n) is 9.84. The van der Waals surface area contributed by atoms with E-state index < -0.39 is 41.9 Å². The van der Waals surface area contributed by atoms with Gasteiger partial charge in [-0.1, -0.05) is 20.3 Å². The minimum atomic E-state index is -1.03. The average Bonchev–Trinajstić information content (AvgIpc) is 3.36. The number of nitrogens with two attached hydrogens (primary N) is 1. The van der Waals surface area contributed by atoms with Gasteiger partial charge in [-0.3, -0.25) is 14.4 Å². The first-order valence-corrected chi connectivity index (χ1v) is 9.84. The van der Waals surface area contributed by atoms with Crippen LogP contribution in [-0.4, -0.2) is 73.5 Å². The molecule has 0 saturated carbocycles. The monoisotopic (exact) mass is 425 g/mol. The molecule has 30 heavy (non-hydrogen) atoms. The number of imidazole rings is 1. The molecule has 1 aliphatic rings. The molecule has 0 aromatic carbocycles. The molecule has 6 N–H and O–H groups in total. The van der Waals surface area contributed by atoms with Gasteiger partial charge >= 0.3 is 5.97 Å². The van der Waals surface area contributed by atoms with Crippen LogP contribution in [0.25, 0.3) is 0 Å². The van der Waals surface area contributed by atoms with E-state index >= 15 is 0 Å². The molecule has 1 aromatic heterocycles. The number of carboxylic acids is 2. The Bertz CT molecular complexity index is 719. The maximum atomic E-state index is 13.0. The van der Waals surface area contributed by atoms with Crippen molar-refractivity contribution in [3.05, 3.63) is 18.2 Å². The van der Waals surface area contributed by atoms with E-state index in [1.807, 2.05) is 13.8 Å². The minimum Gasteiger partial charge on any atom is -0.481 e. The zero-order chi connectivity index (χ0) is 22.8. The number of hydrogen-bond donors (Lipinski definition) is 5. The van der Waals surface area contributed by atoms with Crippen molar-refractivity contribution in [3.63, 3.8) is 0 Å². The summed E-state index contributed by atoms with van der Waals surface area (Å²) >= 11 is 0. The number of rotatable bonds is 8. The van der Waals surface area contributed by atoms with Crippen molar-refractivity contribution in [1.82, 2.24) is 20.2 Å². The second-order valence-corrected chi connectivity index (χ2v) is 7.30. The predicted molar refractivity (Wildman–Crippen MR) is 107 cm³/mol. The molecule has 2 rings (SSSR count). The molecule has 2 heterocycles. The van der Waals surface area contributed by atoms with Gasteiger partial charge in [0.2, 0.25) is 11.8 Å². The van der Waals surface area contributed by atoms with Gasteiger partial charge in [0.25, 0.3) is 5.97 Å². The Labute approximate surface area is 175 Å². The number of nitrogens with one attached hydrogen (secondary N) is 2. The van der Waals surface area contributed by atoms with Gasteiger partial charge in [-0.05, 0) is 18.8 Å². The fourth-order valence-corrected chi connectivity index (χ4v) is 3.08. The highest BCUT2D eigenvalue weighted by Gasteiger charge is 2.38. The number of aliphatic carboxylic acids is 2. The van der Waals surface area contributed by atoms with E-state index in [4.69, 9.17) is 15.6 Å².